The number of para-hydroxylation sites is 1. The molecule has 1 aliphatic heterocycles. The number of rotatable bonds is 9. The number of benzene rings is 3. The molecule has 1 fully saturated rings. The highest BCUT2D eigenvalue weighted by Gasteiger charge is 2.16. The molecule has 0 aliphatic carbocycles. The molecule has 1 aliphatic rings. The fourth-order valence-electron chi connectivity index (χ4n) is 3.65. The maximum atomic E-state index is 13.9. The number of hydrazone groups is 1. The normalized spacial score (nSPS) is 13.5. The summed E-state index contributed by atoms with van der Waals surface area (Å²) in [5.74, 6) is 1.57. The van der Waals surface area contributed by atoms with Crippen LogP contribution < -0.4 is 20.4 Å². The molecule has 0 bridgehead atoms. The van der Waals surface area contributed by atoms with Crippen LogP contribution in [-0.4, -0.2) is 47.5 Å². The van der Waals surface area contributed by atoms with E-state index in [2.05, 4.69) is 30.8 Å². The molecule has 0 radical (unpaired) electrons. The lowest BCUT2D eigenvalue weighted by Crippen LogP contribution is -2.37. The van der Waals surface area contributed by atoms with E-state index in [-0.39, 0.29) is 12.4 Å². The molecule has 10 heteroatoms. The Morgan fingerprint density at radius 3 is 2.54 bits per heavy atom. The number of hydrogen-bond acceptors (Lipinski definition) is 9. The summed E-state index contributed by atoms with van der Waals surface area (Å²) in [6.45, 7) is 2.75. The first-order chi connectivity index (χ1) is 18.2. The van der Waals surface area contributed by atoms with Gasteiger partial charge < -0.3 is 19.7 Å². The van der Waals surface area contributed by atoms with Crippen LogP contribution in [0.2, 0.25) is 0 Å². The van der Waals surface area contributed by atoms with Crippen LogP contribution in [0.1, 0.15) is 11.1 Å². The van der Waals surface area contributed by atoms with E-state index in [9.17, 15) is 4.39 Å². The zero-order chi connectivity index (χ0) is 25.3. The Kier molecular flexibility index (Phi) is 7.77. The smallest absolute Gasteiger partial charge is 0.250 e. The predicted molar refractivity (Wildman–Crippen MR) is 141 cm³/mol. The highest BCUT2D eigenvalue weighted by molar-refractivity contribution is 5.80. The van der Waals surface area contributed by atoms with Gasteiger partial charge in [-0.2, -0.15) is 20.1 Å². The number of halogens is 1. The Bertz CT molecular complexity index is 1350. The third-order valence-corrected chi connectivity index (χ3v) is 5.54. The van der Waals surface area contributed by atoms with Gasteiger partial charge in [-0.3, -0.25) is 0 Å². The minimum atomic E-state index is -0.292. The first-order valence-corrected chi connectivity index (χ1v) is 11.9. The largest absolute Gasteiger partial charge is 0.489 e. The number of anilines is 4. The first-order valence-electron chi connectivity index (χ1n) is 11.9. The molecule has 0 unspecified atom stereocenters. The molecule has 188 valence electrons. The molecule has 4 aromatic rings. The summed E-state index contributed by atoms with van der Waals surface area (Å²) >= 11 is 0. The van der Waals surface area contributed by atoms with Crippen LogP contribution in [0.3, 0.4) is 0 Å². The van der Waals surface area contributed by atoms with Crippen molar-refractivity contribution in [3.05, 3.63) is 95.8 Å². The van der Waals surface area contributed by atoms with Crippen molar-refractivity contribution in [1.82, 2.24) is 15.0 Å². The summed E-state index contributed by atoms with van der Waals surface area (Å²) in [6, 6.07) is 23.6. The molecule has 5 rings (SSSR count). The Morgan fingerprint density at radius 1 is 0.919 bits per heavy atom. The van der Waals surface area contributed by atoms with Gasteiger partial charge in [0.2, 0.25) is 17.8 Å². The zero-order valence-corrected chi connectivity index (χ0v) is 20.0. The Morgan fingerprint density at radius 2 is 1.70 bits per heavy atom. The van der Waals surface area contributed by atoms with Gasteiger partial charge in [-0.05, 0) is 35.9 Å². The number of hydrogen-bond donors (Lipinski definition) is 2. The molecule has 1 aromatic heterocycles. The Hall–Kier alpha value is -4.57. The second-order valence-electron chi connectivity index (χ2n) is 8.20. The Balaban J connectivity index is 1.28. The predicted octanol–water partition coefficient (Wildman–Crippen LogP) is 4.62. The number of nitrogens with zero attached hydrogens (tertiary/aromatic N) is 5. The molecule has 0 atom stereocenters. The molecule has 37 heavy (non-hydrogen) atoms. The van der Waals surface area contributed by atoms with E-state index in [4.69, 9.17) is 9.47 Å². The lowest BCUT2D eigenvalue weighted by molar-refractivity contribution is 0.122. The second kappa shape index (κ2) is 11.9. The maximum Gasteiger partial charge on any atom is 0.250 e. The van der Waals surface area contributed by atoms with Gasteiger partial charge in [-0.15, -0.1) is 0 Å². The third kappa shape index (κ3) is 6.77. The molecule has 9 nitrogen and oxygen atoms in total. The molecule has 2 heterocycles. The molecular formula is C27H26FN7O2. The number of nitrogens with one attached hydrogen (secondary N) is 2. The van der Waals surface area contributed by atoms with Crippen LogP contribution in [0.25, 0.3) is 0 Å². The number of aromatic nitrogens is 3. The van der Waals surface area contributed by atoms with Gasteiger partial charge in [-0.25, -0.2) is 9.82 Å². The summed E-state index contributed by atoms with van der Waals surface area (Å²) in [6.07, 6.45) is 1.64. The zero-order valence-electron chi connectivity index (χ0n) is 20.0. The maximum absolute atomic E-state index is 13.9. The van der Waals surface area contributed by atoms with Gasteiger partial charge in [0, 0.05) is 24.3 Å². The summed E-state index contributed by atoms with van der Waals surface area (Å²) in [4.78, 5) is 15.6. The van der Waals surface area contributed by atoms with E-state index in [0.717, 1.165) is 11.3 Å². The van der Waals surface area contributed by atoms with E-state index in [1.807, 2.05) is 59.5 Å². The molecular weight excluding hydrogens is 473 g/mol. The van der Waals surface area contributed by atoms with Crippen molar-refractivity contribution in [3.63, 3.8) is 0 Å². The minimum absolute atomic E-state index is 0.137. The fraction of sp³-hybridized carbons (Fsp3) is 0.185. The topological polar surface area (TPSA) is 96.8 Å². The average molecular weight is 500 g/mol. The van der Waals surface area contributed by atoms with Crippen molar-refractivity contribution in [1.29, 1.82) is 0 Å². The fourth-order valence-corrected chi connectivity index (χ4v) is 3.65. The molecule has 1 saturated heterocycles. The highest BCUT2D eigenvalue weighted by atomic mass is 19.1. The van der Waals surface area contributed by atoms with E-state index in [1.54, 1.807) is 24.4 Å². The van der Waals surface area contributed by atoms with Gasteiger partial charge in [0.1, 0.15) is 18.2 Å². The van der Waals surface area contributed by atoms with Gasteiger partial charge in [0.25, 0.3) is 0 Å². The standard InChI is InChI=1S/C27H26FN7O2/c28-24-12-5-4-8-21(24)19-37-23-11-6-7-20(17-23)18-29-34-26-31-25(30-22-9-2-1-3-10-22)32-27(33-26)35-13-15-36-16-14-35/h1-12,17-18H,13-16,19H2,(H2,30,31,32,33,34)/b29-18+. The van der Waals surface area contributed by atoms with Crippen molar-refractivity contribution >= 4 is 29.7 Å². The quantitative estimate of drug-likeness (QED) is 0.255. The van der Waals surface area contributed by atoms with Gasteiger partial charge in [-0.1, -0.05) is 48.5 Å². The molecule has 0 spiro atoms. The van der Waals surface area contributed by atoms with Crippen LogP contribution in [0, 0.1) is 5.82 Å². The van der Waals surface area contributed by atoms with Crippen LogP contribution in [-0.2, 0) is 11.3 Å². The number of morpholine rings is 1. The molecule has 0 saturated carbocycles. The lowest BCUT2D eigenvalue weighted by atomic mass is 10.2. The average Bonchev–Trinajstić information content (AvgIpc) is 2.94. The van der Waals surface area contributed by atoms with E-state index < -0.39 is 0 Å². The Labute approximate surface area is 214 Å². The molecule has 3 aromatic carbocycles. The van der Waals surface area contributed by atoms with E-state index in [1.165, 1.54) is 6.07 Å². The summed E-state index contributed by atoms with van der Waals surface area (Å²) < 4.78 is 25.1. The van der Waals surface area contributed by atoms with Crippen molar-refractivity contribution in [3.8, 4) is 5.75 Å². The van der Waals surface area contributed by atoms with Gasteiger partial charge >= 0.3 is 0 Å². The van der Waals surface area contributed by atoms with Gasteiger partial charge in [0.15, 0.2) is 0 Å². The summed E-state index contributed by atoms with van der Waals surface area (Å²) in [5.41, 5.74) is 5.06. The lowest BCUT2D eigenvalue weighted by Gasteiger charge is -2.27. The van der Waals surface area contributed by atoms with Gasteiger partial charge in [0.05, 0.1) is 19.4 Å². The highest BCUT2D eigenvalue weighted by Crippen LogP contribution is 2.19. The van der Waals surface area contributed by atoms with Crippen molar-refractivity contribution in [2.45, 2.75) is 6.61 Å². The monoisotopic (exact) mass is 499 g/mol. The van der Waals surface area contributed by atoms with Crippen molar-refractivity contribution in [2.75, 3.05) is 41.9 Å². The van der Waals surface area contributed by atoms with Crippen LogP contribution in [0.4, 0.5) is 27.9 Å². The van der Waals surface area contributed by atoms with E-state index >= 15 is 0 Å². The molecule has 2 N–H and O–H groups in total. The molecule has 0 amide bonds. The summed E-state index contributed by atoms with van der Waals surface area (Å²) in [5, 5.41) is 7.52. The summed E-state index contributed by atoms with van der Waals surface area (Å²) in [7, 11) is 0. The number of ether oxygens (including phenoxy) is 2. The second-order valence-corrected chi connectivity index (χ2v) is 8.20. The van der Waals surface area contributed by atoms with Crippen LogP contribution >= 0.6 is 0 Å². The van der Waals surface area contributed by atoms with Crippen LogP contribution in [0.15, 0.2) is 84.0 Å². The van der Waals surface area contributed by atoms with Crippen molar-refractivity contribution in [2.24, 2.45) is 5.10 Å². The van der Waals surface area contributed by atoms with Crippen molar-refractivity contribution < 1.29 is 13.9 Å². The van der Waals surface area contributed by atoms with E-state index in [0.29, 0.717) is 55.5 Å². The first kappa shape index (κ1) is 24.1. The third-order valence-electron chi connectivity index (χ3n) is 5.54. The van der Waals surface area contributed by atoms with Crippen LogP contribution in [0.5, 0.6) is 5.75 Å². The SMILES string of the molecule is Fc1ccccc1COc1cccc(/C=N/Nc2nc(Nc3ccccc3)nc(N3CCOCC3)n2)c1. The minimum Gasteiger partial charge on any atom is -0.489 e.